The zero-order valence-electron chi connectivity index (χ0n) is 45.7. The van der Waals surface area contributed by atoms with E-state index in [1.165, 1.54) is 12.0 Å². The number of methoxy groups -OCH3 is 1. The molecule has 4 atom stereocenters. The van der Waals surface area contributed by atoms with Gasteiger partial charge >= 0.3 is 0 Å². The highest BCUT2D eigenvalue weighted by atomic mass is 32.1. The first-order valence-electron chi connectivity index (χ1n) is 26.2. The van der Waals surface area contributed by atoms with Gasteiger partial charge in [0.25, 0.3) is 11.5 Å². The predicted molar refractivity (Wildman–Crippen MR) is 298 cm³/mol. The molecular weight excluding hydrogens is 999 g/mol. The summed E-state index contributed by atoms with van der Waals surface area (Å²) in [4.78, 5) is 79.8. The number of aliphatic hydroxyl groups excluding tert-OH is 1. The second-order valence-electron chi connectivity index (χ2n) is 20.7. The van der Waals surface area contributed by atoms with Gasteiger partial charge in [0.05, 0.1) is 60.7 Å². The van der Waals surface area contributed by atoms with E-state index in [4.69, 9.17) is 18.9 Å². The number of nitrogens with zero attached hydrogens (tertiary/aromatic N) is 3. The topological polar surface area (TPSA) is 214 Å². The lowest BCUT2D eigenvalue weighted by molar-refractivity contribution is -0.144. The Bertz CT molecular complexity index is 2990. The molecular formula is C59H73N7O10S. The summed E-state index contributed by atoms with van der Waals surface area (Å²) < 4.78 is 22.4. The van der Waals surface area contributed by atoms with Crippen LogP contribution in [0.2, 0.25) is 0 Å². The number of benzene rings is 3. The Kier molecular flexibility index (Phi) is 19.9. The summed E-state index contributed by atoms with van der Waals surface area (Å²) in [5, 5.41) is 19.5. The fourth-order valence-electron chi connectivity index (χ4n) is 9.83. The summed E-state index contributed by atoms with van der Waals surface area (Å²) in [5.41, 5.74) is 9.46. The zero-order chi connectivity index (χ0) is 55.4. The Morgan fingerprint density at radius 3 is 2.32 bits per heavy atom. The van der Waals surface area contributed by atoms with Crippen molar-refractivity contribution in [1.82, 2.24) is 30.8 Å². The average Bonchev–Trinajstić information content (AvgIpc) is 4.03. The molecule has 3 aromatic carbocycles. The number of β-amino-alcohol motifs (C(OH)–C–C–N with tert-alkyl or cyclic N) is 1. The largest absolute Gasteiger partial charge is 0.496 e. The van der Waals surface area contributed by atoms with Crippen molar-refractivity contribution in [3.8, 4) is 39.2 Å². The van der Waals surface area contributed by atoms with Gasteiger partial charge in [-0.2, -0.15) is 0 Å². The summed E-state index contributed by atoms with van der Waals surface area (Å²) in [6.45, 7) is 17.3. The van der Waals surface area contributed by atoms with Gasteiger partial charge < -0.3 is 54.8 Å². The second kappa shape index (κ2) is 26.4. The van der Waals surface area contributed by atoms with Gasteiger partial charge in [-0.3, -0.25) is 24.0 Å². The molecule has 18 heteroatoms. The van der Waals surface area contributed by atoms with Crippen LogP contribution < -0.4 is 31.1 Å². The first-order chi connectivity index (χ1) is 36.9. The maximum atomic E-state index is 14.1. The molecule has 2 saturated heterocycles. The zero-order valence-corrected chi connectivity index (χ0v) is 46.5. The number of aromatic nitrogens is 2. The number of nitrogens with one attached hydrogen (secondary N) is 4. The number of likely N-dealkylation sites (tertiary alicyclic amines) is 1. The number of aliphatic hydroxyl groups is 1. The number of hydrogen-bond donors (Lipinski definition) is 5. The number of H-pyrrole nitrogens is 1. The highest BCUT2D eigenvalue weighted by Crippen LogP contribution is 2.35. The van der Waals surface area contributed by atoms with Crippen molar-refractivity contribution in [1.29, 1.82) is 0 Å². The molecule has 7 rings (SSSR count). The highest BCUT2D eigenvalue weighted by Gasteiger charge is 2.45. The van der Waals surface area contributed by atoms with Gasteiger partial charge in [-0.25, -0.2) is 4.98 Å². The van der Waals surface area contributed by atoms with Crippen molar-refractivity contribution in [3.63, 3.8) is 0 Å². The third kappa shape index (κ3) is 14.8. The van der Waals surface area contributed by atoms with Gasteiger partial charge in [0.2, 0.25) is 17.7 Å². The number of anilines is 1. The minimum Gasteiger partial charge on any atom is -0.496 e. The molecule has 4 amide bonds. The molecule has 17 nitrogen and oxygen atoms in total. The van der Waals surface area contributed by atoms with Crippen molar-refractivity contribution in [2.45, 2.75) is 111 Å². The summed E-state index contributed by atoms with van der Waals surface area (Å²) in [6, 6.07) is 19.4. The SMILES string of the molecule is CCN(c1cc(-c2ccc(C#CCOCCOCC(=O)NC(C(=O)N3C[C@H](O)C[C@H]3C(=O)NC(C)c3ccc(-c4scnc4C)cc3)C(C)(C)C)cc2)cc(C(=O)NCc2c(OC)cc(C)[nH]c2=O)c1C)C1CCOCC1. The molecule has 0 radical (unpaired) electrons. The number of pyridine rings is 1. The standard InChI is InChI=1S/C59H73N7O10S/c1-10-65(45-21-24-75-25-22-45)49-30-44(29-47(37(49)3)55(69)60-32-48-51(73-9)28-36(2)62-56(48)70)42-15-13-40(14-16-42)12-11-23-74-26-27-76-34-52(68)64-54(59(6,7)8)58(72)66-33-46(67)31-50(66)57(71)63-38(4)41-17-19-43(20-18-41)53-39(5)61-35-77-53/h13-20,28-30,35,38,45-46,50,54,67H,10,21-27,31-34H2,1-9H3,(H,60,69)(H,62,70)(H,63,71)(H,64,68)/t38?,46-,50+,54?/m1/s1. The van der Waals surface area contributed by atoms with E-state index >= 15 is 0 Å². The van der Waals surface area contributed by atoms with Crippen molar-refractivity contribution in [2.75, 3.05) is 64.7 Å². The van der Waals surface area contributed by atoms with E-state index in [2.05, 4.69) is 55.6 Å². The molecule has 4 heterocycles. The maximum Gasteiger partial charge on any atom is 0.256 e. The van der Waals surface area contributed by atoms with Crippen molar-refractivity contribution in [2.24, 2.45) is 5.41 Å². The van der Waals surface area contributed by atoms with Gasteiger partial charge in [-0.15, -0.1) is 11.3 Å². The van der Waals surface area contributed by atoms with Crippen molar-refractivity contribution < 1.29 is 43.2 Å². The first kappa shape index (κ1) is 57.8. The monoisotopic (exact) mass is 1070 g/mol. The van der Waals surface area contributed by atoms with E-state index in [1.807, 2.05) is 102 Å². The lowest BCUT2D eigenvalue weighted by atomic mass is 9.85. The number of thiazole rings is 1. The van der Waals surface area contributed by atoms with Crippen LogP contribution in [0.4, 0.5) is 5.69 Å². The third-order valence-electron chi connectivity index (χ3n) is 14.1. The molecule has 77 heavy (non-hydrogen) atoms. The van der Waals surface area contributed by atoms with Crippen LogP contribution in [0.3, 0.4) is 0 Å². The van der Waals surface area contributed by atoms with E-state index in [0.717, 1.165) is 69.0 Å². The van der Waals surface area contributed by atoms with Crippen LogP contribution in [0.25, 0.3) is 21.6 Å². The van der Waals surface area contributed by atoms with E-state index in [1.54, 1.807) is 24.3 Å². The Morgan fingerprint density at radius 1 is 0.961 bits per heavy atom. The van der Waals surface area contributed by atoms with Crippen LogP contribution >= 0.6 is 11.3 Å². The summed E-state index contributed by atoms with van der Waals surface area (Å²) in [6.07, 6.45) is 0.932. The van der Waals surface area contributed by atoms with Crippen LogP contribution in [0.5, 0.6) is 5.75 Å². The van der Waals surface area contributed by atoms with Crippen LogP contribution in [0.15, 0.2) is 77.0 Å². The fraction of sp³-hybridized carbons (Fsp3) is 0.458. The van der Waals surface area contributed by atoms with E-state index in [0.29, 0.717) is 35.8 Å². The lowest BCUT2D eigenvalue weighted by Crippen LogP contribution is -2.58. The molecule has 2 aliphatic heterocycles. The van der Waals surface area contributed by atoms with Crippen LogP contribution in [0.1, 0.15) is 104 Å². The highest BCUT2D eigenvalue weighted by molar-refractivity contribution is 7.13. The molecule has 5 N–H and O–H groups in total. The molecule has 0 saturated carbocycles. The number of carbonyl (C=O) groups is 4. The summed E-state index contributed by atoms with van der Waals surface area (Å²) in [5.74, 6) is 4.90. The number of rotatable bonds is 20. The average molecular weight is 1070 g/mol. The lowest BCUT2D eigenvalue weighted by Gasteiger charge is -2.37. The smallest absolute Gasteiger partial charge is 0.256 e. The quantitative estimate of drug-likeness (QED) is 0.0403. The number of aromatic amines is 1. The Balaban J connectivity index is 0.902. The van der Waals surface area contributed by atoms with Crippen LogP contribution in [-0.4, -0.2) is 128 Å². The van der Waals surface area contributed by atoms with E-state index in [-0.39, 0.29) is 75.4 Å². The molecule has 0 spiro atoms. The van der Waals surface area contributed by atoms with E-state index < -0.39 is 35.4 Å². The maximum absolute atomic E-state index is 14.1. The number of carbonyl (C=O) groups excluding carboxylic acids is 4. The first-order valence-corrected chi connectivity index (χ1v) is 27.1. The fourth-order valence-corrected chi connectivity index (χ4v) is 10.6. The molecule has 2 unspecified atom stereocenters. The minimum absolute atomic E-state index is 0.0123. The van der Waals surface area contributed by atoms with Crippen molar-refractivity contribution in [3.05, 3.63) is 122 Å². The van der Waals surface area contributed by atoms with Crippen LogP contribution in [-0.2, 0) is 35.1 Å². The second-order valence-corrected chi connectivity index (χ2v) is 21.5. The molecule has 2 aromatic heterocycles. The molecule has 2 aliphatic rings. The Hall–Kier alpha value is -6.88. The molecule has 0 aliphatic carbocycles. The summed E-state index contributed by atoms with van der Waals surface area (Å²) in [7, 11) is 1.50. The van der Waals surface area contributed by atoms with Crippen molar-refractivity contribution >= 4 is 40.7 Å². The molecule has 5 aromatic rings. The number of aryl methyl sites for hydroxylation is 2. The molecule has 410 valence electrons. The Labute approximate surface area is 455 Å². The summed E-state index contributed by atoms with van der Waals surface area (Å²) >= 11 is 1.57. The predicted octanol–water partition coefficient (Wildman–Crippen LogP) is 6.79. The van der Waals surface area contributed by atoms with Gasteiger partial charge in [0.1, 0.15) is 31.0 Å². The van der Waals surface area contributed by atoms with Gasteiger partial charge in [0, 0.05) is 61.3 Å². The van der Waals surface area contributed by atoms with E-state index in [9.17, 15) is 29.1 Å². The molecule has 0 bridgehead atoms. The number of hydrogen-bond acceptors (Lipinski definition) is 13. The normalized spacial score (nSPS) is 16.5. The number of amides is 4. The Morgan fingerprint density at radius 2 is 1.66 bits per heavy atom. The third-order valence-corrected chi connectivity index (χ3v) is 15.1. The van der Waals surface area contributed by atoms with Gasteiger partial charge in [-0.1, -0.05) is 69.0 Å². The van der Waals surface area contributed by atoms with Gasteiger partial charge in [0.15, 0.2) is 0 Å². The number of ether oxygens (including phenoxy) is 4. The molecule has 2 fully saturated rings. The van der Waals surface area contributed by atoms with Gasteiger partial charge in [-0.05, 0) is 111 Å². The van der Waals surface area contributed by atoms with Crippen LogP contribution in [0, 0.1) is 38.0 Å². The minimum atomic E-state index is -0.999.